The first-order valence-electron chi connectivity index (χ1n) is 9.39. The summed E-state index contributed by atoms with van der Waals surface area (Å²) in [7, 11) is 1.67. The van der Waals surface area contributed by atoms with Gasteiger partial charge < -0.3 is 15.4 Å². The SMILES string of the molecule is COc1ccccc1CNC(=O)C[NH2+]C12CC3CC(CC(C3)C1)C2. The third-order valence-corrected chi connectivity index (χ3v) is 6.47. The van der Waals surface area contributed by atoms with E-state index >= 15 is 0 Å². The number of ether oxygens (including phenoxy) is 1. The molecule has 5 rings (SSSR count). The first kappa shape index (κ1) is 15.9. The summed E-state index contributed by atoms with van der Waals surface area (Å²) in [5, 5.41) is 5.43. The summed E-state index contributed by atoms with van der Waals surface area (Å²) in [6.45, 7) is 1.10. The zero-order valence-electron chi connectivity index (χ0n) is 14.6. The standard InChI is InChI=1S/C20H28N2O2/c1-24-18-5-3-2-4-17(18)12-21-19(23)13-22-20-9-14-6-15(10-20)8-16(7-14)11-20/h2-5,14-16,22H,6-13H2,1H3,(H,21,23)/p+1. The average Bonchev–Trinajstić information content (AvgIpc) is 2.57. The van der Waals surface area contributed by atoms with Crippen LogP contribution < -0.4 is 15.4 Å². The van der Waals surface area contributed by atoms with Crippen molar-refractivity contribution >= 4 is 5.91 Å². The highest BCUT2D eigenvalue weighted by Crippen LogP contribution is 2.54. The van der Waals surface area contributed by atoms with Gasteiger partial charge in [0.2, 0.25) is 0 Å². The molecule has 4 bridgehead atoms. The molecule has 0 spiro atoms. The fourth-order valence-corrected chi connectivity index (χ4v) is 5.85. The van der Waals surface area contributed by atoms with Gasteiger partial charge in [0.15, 0.2) is 6.54 Å². The van der Waals surface area contributed by atoms with Crippen molar-refractivity contribution in [1.29, 1.82) is 0 Å². The number of quaternary nitrogens is 1. The molecule has 3 N–H and O–H groups in total. The van der Waals surface area contributed by atoms with E-state index in [-0.39, 0.29) is 5.91 Å². The van der Waals surface area contributed by atoms with Gasteiger partial charge in [-0.2, -0.15) is 0 Å². The van der Waals surface area contributed by atoms with Gasteiger partial charge in [-0.05, 0) is 43.1 Å². The molecular weight excluding hydrogens is 300 g/mol. The first-order valence-corrected chi connectivity index (χ1v) is 9.39. The molecule has 1 aromatic rings. The Morgan fingerprint density at radius 1 is 1.17 bits per heavy atom. The second kappa shape index (κ2) is 6.40. The van der Waals surface area contributed by atoms with Crippen LogP contribution in [-0.4, -0.2) is 25.1 Å². The second-order valence-electron chi connectivity index (χ2n) is 8.28. The van der Waals surface area contributed by atoms with Gasteiger partial charge in [0.25, 0.3) is 5.91 Å². The molecule has 0 radical (unpaired) electrons. The molecule has 0 saturated heterocycles. The summed E-state index contributed by atoms with van der Waals surface area (Å²) in [4.78, 5) is 12.3. The molecule has 0 heterocycles. The Labute approximate surface area is 144 Å². The minimum absolute atomic E-state index is 0.136. The highest BCUT2D eigenvalue weighted by atomic mass is 16.5. The van der Waals surface area contributed by atoms with Crippen molar-refractivity contribution in [3.8, 4) is 5.75 Å². The zero-order chi connectivity index (χ0) is 16.6. The summed E-state index contributed by atoms with van der Waals surface area (Å²) in [6.07, 6.45) is 8.35. The number of para-hydroxylation sites is 1. The molecule has 1 amide bonds. The smallest absolute Gasteiger partial charge is 0.275 e. The topological polar surface area (TPSA) is 54.9 Å². The molecule has 1 aromatic carbocycles. The van der Waals surface area contributed by atoms with E-state index in [0.29, 0.717) is 18.6 Å². The Bertz CT molecular complexity index is 578. The largest absolute Gasteiger partial charge is 0.496 e. The van der Waals surface area contributed by atoms with Gasteiger partial charge in [-0.3, -0.25) is 4.79 Å². The summed E-state index contributed by atoms with van der Waals surface area (Å²) >= 11 is 0. The fraction of sp³-hybridized carbons (Fsp3) is 0.650. The van der Waals surface area contributed by atoms with Crippen LogP contribution in [0, 0.1) is 17.8 Å². The molecular formula is C20H29N2O2+. The first-order chi connectivity index (χ1) is 11.7. The van der Waals surface area contributed by atoms with Gasteiger partial charge in [-0.25, -0.2) is 0 Å². The highest BCUT2D eigenvalue weighted by molar-refractivity contribution is 5.76. The number of hydrogen-bond donors (Lipinski definition) is 2. The maximum atomic E-state index is 12.3. The number of carbonyl (C=O) groups is 1. The summed E-state index contributed by atoms with van der Waals surface area (Å²) < 4.78 is 5.34. The fourth-order valence-electron chi connectivity index (χ4n) is 5.85. The number of hydrogen-bond acceptors (Lipinski definition) is 2. The normalized spacial score (nSPS) is 33.5. The molecule has 0 aromatic heterocycles. The van der Waals surface area contributed by atoms with Crippen molar-refractivity contribution in [2.24, 2.45) is 17.8 Å². The average molecular weight is 329 g/mol. The van der Waals surface area contributed by atoms with Crippen LogP contribution >= 0.6 is 0 Å². The second-order valence-corrected chi connectivity index (χ2v) is 8.28. The number of carbonyl (C=O) groups excluding carboxylic acids is 1. The third kappa shape index (κ3) is 3.16. The zero-order valence-corrected chi connectivity index (χ0v) is 14.6. The molecule has 4 nitrogen and oxygen atoms in total. The van der Waals surface area contributed by atoms with Gasteiger partial charge >= 0.3 is 0 Å². The minimum Gasteiger partial charge on any atom is -0.496 e. The molecule has 4 aliphatic rings. The number of rotatable bonds is 6. The predicted octanol–water partition coefficient (Wildman–Crippen LogP) is 1.84. The molecule has 0 aliphatic heterocycles. The van der Waals surface area contributed by atoms with E-state index in [1.807, 2.05) is 24.3 Å². The van der Waals surface area contributed by atoms with Crippen LogP contribution in [0.25, 0.3) is 0 Å². The van der Waals surface area contributed by atoms with Crippen LogP contribution in [0.4, 0.5) is 0 Å². The number of benzene rings is 1. The van der Waals surface area contributed by atoms with Crippen LogP contribution in [0.1, 0.15) is 44.1 Å². The van der Waals surface area contributed by atoms with E-state index in [1.54, 1.807) is 7.11 Å². The van der Waals surface area contributed by atoms with Crippen LogP contribution in [0.3, 0.4) is 0 Å². The van der Waals surface area contributed by atoms with Crippen molar-refractivity contribution in [3.63, 3.8) is 0 Å². The molecule has 4 fully saturated rings. The quantitative estimate of drug-likeness (QED) is 0.837. The van der Waals surface area contributed by atoms with E-state index in [0.717, 1.165) is 29.1 Å². The Kier molecular flexibility index (Phi) is 4.25. The van der Waals surface area contributed by atoms with Crippen molar-refractivity contribution in [3.05, 3.63) is 29.8 Å². The summed E-state index contributed by atoms with van der Waals surface area (Å²) in [6, 6.07) is 7.86. The van der Waals surface area contributed by atoms with Crippen LogP contribution in [0.5, 0.6) is 5.75 Å². The lowest BCUT2D eigenvalue weighted by Gasteiger charge is -2.54. The number of nitrogens with two attached hydrogens (primary N) is 1. The molecule has 24 heavy (non-hydrogen) atoms. The Morgan fingerprint density at radius 3 is 2.42 bits per heavy atom. The molecule has 130 valence electrons. The minimum atomic E-state index is 0.136. The monoisotopic (exact) mass is 329 g/mol. The number of nitrogens with one attached hydrogen (secondary N) is 1. The van der Waals surface area contributed by atoms with Crippen LogP contribution in [-0.2, 0) is 11.3 Å². The molecule has 4 heteroatoms. The van der Waals surface area contributed by atoms with E-state index < -0.39 is 0 Å². The van der Waals surface area contributed by atoms with Crippen molar-refractivity contribution in [1.82, 2.24) is 5.32 Å². The van der Waals surface area contributed by atoms with Crippen molar-refractivity contribution < 1.29 is 14.8 Å². The molecule has 4 aliphatic carbocycles. The number of amides is 1. The summed E-state index contributed by atoms with van der Waals surface area (Å²) in [5.41, 5.74) is 1.40. The predicted molar refractivity (Wildman–Crippen MR) is 92.5 cm³/mol. The van der Waals surface area contributed by atoms with E-state index in [9.17, 15) is 4.79 Å². The van der Waals surface area contributed by atoms with Gasteiger partial charge in [0.1, 0.15) is 5.75 Å². The summed E-state index contributed by atoms with van der Waals surface area (Å²) in [5.74, 6) is 3.77. The van der Waals surface area contributed by atoms with E-state index in [4.69, 9.17) is 4.74 Å². The van der Waals surface area contributed by atoms with E-state index in [1.165, 1.54) is 38.5 Å². The van der Waals surface area contributed by atoms with Crippen molar-refractivity contribution in [2.75, 3.05) is 13.7 Å². The molecule has 0 unspecified atom stereocenters. The Hall–Kier alpha value is -1.55. The molecule has 4 saturated carbocycles. The van der Waals surface area contributed by atoms with Gasteiger partial charge in [0, 0.05) is 31.4 Å². The highest BCUT2D eigenvalue weighted by Gasteiger charge is 2.53. The Balaban J connectivity index is 1.29. The van der Waals surface area contributed by atoms with Gasteiger partial charge in [0.05, 0.1) is 12.6 Å². The maximum Gasteiger partial charge on any atom is 0.275 e. The molecule has 0 atom stereocenters. The van der Waals surface area contributed by atoms with Crippen molar-refractivity contribution in [2.45, 2.75) is 50.6 Å². The number of methoxy groups -OCH3 is 1. The maximum absolute atomic E-state index is 12.3. The Morgan fingerprint density at radius 2 is 1.79 bits per heavy atom. The van der Waals surface area contributed by atoms with Gasteiger partial charge in [-0.15, -0.1) is 0 Å². The third-order valence-electron chi connectivity index (χ3n) is 6.47. The van der Waals surface area contributed by atoms with Gasteiger partial charge in [-0.1, -0.05) is 18.2 Å². The van der Waals surface area contributed by atoms with E-state index in [2.05, 4.69) is 10.6 Å². The lowest BCUT2D eigenvalue weighted by Crippen LogP contribution is -3.00. The lowest BCUT2D eigenvalue weighted by atomic mass is 9.53. The van der Waals surface area contributed by atoms with Crippen LogP contribution in [0.2, 0.25) is 0 Å². The van der Waals surface area contributed by atoms with Crippen LogP contribution in [0.15, 0.2) is 24.3 Å². The lowest BCUT2D eigenvalue weighted by molar-refractivity contribution is -0.730.